The number of benzene rings is 1. The Morgan fingerprint density at radius 2 is 1.93 bits per heavy atom. The van der Waals surface area contributed by atoms with Crippen LogP contribution in [-0.2, 0) is 16.1 Å². The number of nitrogens with zero attached hydrogens (tertiary/aromatic N) is 2. The van der Waals surface area contributed by atoms with E-state index in [0.717, 1.165) is 5.56 Å². The predicted molar refractivity (Wildman–Crippen MR) is 104 cm³/mol. The van der Waals surface area contributed by atoms with Crippen LogP contribution in [0.25, 0.3) is 0 Å². The quantitative estimate of drug-likeness (QED) is 0.416. The molecule has 0 bridgehead atoms. The van der Waals surface area contributed by atoms with E-state index in [1.165, 1.54) is 12.1 Å². The SMILES string of the molecule is CC(C)(C)OC(=O)CNc1ccc([N+](=O)[O-])c(NCc2ccccc2Cl)n1. The molecule has 0 unspecified atom stereocenters. The molecule has 2 aromatic rings. The summed E-state index contributed by atoms with van der Waals surface area (Å²) < 4.78 is 5.20. The molecule has 0 spiro atoms. The number of nitrogens with one attached hydrogen (secondary N) is 2. The second-order valence-electron chi connectivity index (χ2n) is 6.71. The summed E-state index contributed by atoms with van der Waals surface area (Å²) in [4.78, 5) is 26.7. The normalized spacial score (nSPS) is 11.0. The van der Waals surface area contributed by atoms with Gasteiger partial charge >= 0.3 is 11.7 Å². The minimum atomic E-state index is -0.594. The molecule has 1 aromatic carbocycles. The molecule has 2 N–H and O–H groups in total. The van der Waals surface area contributed by atoms with Crippen LogP contribution >= 0.6 is 11.6 Å². The molecule has 1 heterocycles. The average molecular weight is 393 g/mol. The van der Waals surface area contributed by atoms with Crippen LogP contribution in [0.2, 0.25) is 5.02 Å². The maximum atomic E-state index is 11.8. The van der Waals surface area contributed by atoms with Crippen LogP contribution in [-0.4, -0.2) is 28.0 Å². The highest BCUT2D eigenvalue weighted by Crippen LogP contribution is 2.25. The van der Waals surface area contributed by atoms with E-state index >= 15 is 0 Å². The van der Waals surface area contributed by atoms with E-state index in [2.05, 4.69) is 15.6 Å². The fraction of sp³-hybridized carbons (Fsp3) is 0.333. The van der Waals surface area contributed by atoms with Crippen LogP contribution in [0.1, 0.15) is 26.3 Å². The van der Waals surface area contributed by atoms with Crippen molar-refractivity contribution in [2.75, 3.05) is 17.2 Å². The van der Waals surface area contributed by atoms with Gasteiger partial charge in [-0.1, -0.05) is 29.8 Å². The smallest absolute Gasteiger partial charge is 0.325 e. The van der Waals surface area contributed by atoms with Crippen molar-refractivity contribution in [1.82, 2.24) is 4.98 Å². The third-order valence-corrected chi connectivity index (χ3v) is 3.68. The first-order valence-electron chi connectivity index (χ1n) is 8.24. The van der Waals surface area contributed by atoms with Crippen molar-refractivity contribution in [3.05, 3.63) is 57.1 Å². The summed E-state index contributed by atoms with van der Waals surface area (Å²) in [6.07, 6.45) is 0. The highest BCUT2D eigenvalue weighted by atomic mass is 35.5. The van der Waals surface area contributed by atoms with Gasteiger partial charge in [-0.25, -0.2) is 4.98 Å². The molecule has 144 valence electrons. The highest BCUT2D eigenvalue weighted by Gasteiger charge is 2.18. The number of pyridine rings is 1. The van der Waals surface area contributed by atoms with Gasteiger partial charge in [0.05, 0.1) is 4.92 Å². The molecular weight excluding hydrogens is 372 g/mol. The van der Waals surface area contributed by atoms with Gasteiger partial charge in [0.2, 0.25) is 5.82 Å². The van der Waals surface area contributed by atoms with Crippen LogP contribution in [0.3, 0.4) is 0 Å². The Bertz CT molecular complexity index is 836. The fourth-order valence-electron chi connectivity index (χ4n) is 2.19. The zero-order valence-electron chi connectivity index (χ0n) is 15.3. The number of hydrogen-bond acceptors (Lipinski definition) is 7. The van der Waals surface area contributed by atoms with Crippen molar-refractivity contribution in [1.29, 1.82) is 0 Å². The summed E-state index contributed by atoms with van der Waals surface area (Å²) in [5.41, 5.74) is 0.0100. The first-order chi connectivity index (χ1) is 12.7. The molecule has 27 heavy (non-hydrogen) atoms. The molecule has 0 amide bonds. The van der Waals surface area contributed by atoms with E-state index in [9.17, 15) is 14.9 Å². The van der Waals surface area contributed by atoms with E-state index in [1.54, 1.807) is 32.9 Å². The first-order valence-corrected chi connectivity index (χ1v) is 8.62. The van der Waals surface area contributed by atoms with Crippen LogP contribution in [0.4, 0.5) is 17.3 Å². The standard InChI is InChI=1S/C18H21ClN4O4/c1-18(2,3)27-16(24)11-20-15-9-8-14(23(25)26)17(22-15)21-10-12-6-4-5-7-13(12)19/h4-9H,10-11H2,1-3H3,(H2,20,21,22). The van der Waals surface area contributed by atoms with Crippen molar-refractivity contribution in [2.24, 2.45) is 0 Å². The number of carbonyl (C=O) groups is 1. The van der Waals surface area contributed by atoms with Gasteiger partial charge < -0.3 is 15.4 Å². The summed E-state index contributed by atoms with van der Waals surface area (Å²) in [5.74, 6) is -0.0598. The van der Waals surface area contributed by atoms with Gasteiger partial charge in [0.15, 0.2) is 0 Å². The van der Waals surface area contributed by atoms with Gasteiger partial charge in [0.1, 0.15) is 18.0 Å². The number of esters is 1. The van der Waals surface area contributed by atoms with E-state index in [-0.39, 0.29) is 24.6 Å². The fourth-order valence-corrected chi connectivity index (χ4v) is 2.39. The van der Waals surface area contributed by atoms with E-state index < -0.39 is 16.5 Å². The number of halogens is 1. The van der Waals surface area contributed by atoms with Crippen LogP contribution in [0, 0.1) is 10.1 Å². The Balaban J connectivity index is 2.10. The van der Waals surface area contributed by atoms with Gasteiger partial charge in [-0.2, -0.15) is 0 Å². The third-order valence-electron chi connectivity index (χ3n) is 3.31. The highest BCUT2D eigenvalue weighted by molar-refractivity contribution is 6.31. The van der Waals surface area contributed by atoms with Gasteiger partial charge in [0.25, 0.3) is 0 Å². The van der Waals surface area contributed by atoms with Crippen LogP contribution < -0.4 is 10.6 Å². The molecule has 0 aliphatic carbocycles. The molecule has 9 heteroatoms. The second kappa shape index (κ2) is 8.68. The molecule has 0 saturated heterocycles. The molecule has 0 atom stereocenters. The van der Waals surface area contributed by atoms with Gasteiger partial charge in [-0.3, -0.25) is 14.9 Å². The Kier molecular flexibility index (Phi) is 6.57. The third kappa shape index (κ3) is 6.41. The molecule has 1 aromatic heterocycles. The van der Waals surface area contributed by atoms with Gasteiger partial charge in [-0.05, 0) is 38.5 Å². The molecule has 2 rings (SSSR count). The van der Waals surface area contributed by atoms with Crippen LogP contribution in [0.15, 0.2) is 36.4 Å². The number of aromatic nitrogens is 1. The number of anilines is 2. The zero-order valence-corrected chi connectivity index (χ0v) is 16.0. The summed E-state index contributed by atoms with van der Waals surface area (Å²) in [7, 11) is 0. The Labute approximate surface area is 162 Å². The summed E-state index contributed by atoms with van der Waals surface area (Å²) in [6, 6.07) is 9.92. The molecular formula is C18H21ClN4O4. The number of rotatable bonds is 7. The lowest BCUT2D eigenvalue weighted by Gasteiger charge is -2.19. The minimum Gasteiger partial charge on any atom is -0.459 e. The van der Waals surface area contributed by atoms with Gasteiger partial charge in [-0.15, -0.1) is 0 Å². The lowest BCUT2D eigenvalue weighted by Crippen LogP contribution is -2.28. The van der Waals surface area contributed by atoms with Crippen molar-refractivity contribution >= 4 is 34.9 Å². The Morgan fingerprint density at radius 1 is 1.22 bits per heavy atom. The topological polar surface area (TPSA) is 106 Å². The molecule has 0 aliphatic rings. The summed E-state index contributed by atoms with van der Waals surface area (Å²) in [5, 5.41) is 17.5. The minimum absolute atomic E-state index is 0.0779. The molecule has 8 nitrogen and oxygen atoms in total. The second-order valence-corrected chi connectivity index (χ2v) is 7.11. The lowest BCUT2D eigenvalue weighted by molar-refractivity contribution is -0.384. The number of carbonyl (C=O) groups excluding carboxylic acids is 1. The maximum Gasteiger partial charge on any atom is 0.325 e. The Hall–Kier alpha value is -2.87. The molecule has 0 aliphatic heterocycles. The molecule has 0 fully saturated rings. The van der Waals surface area contributed by atoms with Gasteiger partial charge in [0, 0.05) is 17.6 Å². The number of nitro groups is 1. The van der Waals surface area contributed by atoms with Crippen molar-refractivity contribution in [2.45, 2.75) is 32.9 Å². The lowest BCUT2D eigenvalue weighted by atomic mass is 10.2. The summed E-state index contributed by atoms with van der Waals surface area (Å²) in [6.45, 7) is 5.47. The van der Waals surface area contributed by atoms with E-state index in [4.69, 9.17) is 16.3 Å². The molecule has 0 radical (unpaired) electrons. The van der Waals surface area contributed by atoms with Crippen molar-refractivity contribution in [3.8, 4) is 0 Å². The van der Waals surface area contributed by atoms with Crippen molar-refractivity contribution in [3.63, 3.8) is 0 Å². The Morgan fingerprint density at radius 3 is 2.56 bits per heavy atom. The first kappa shape index (κ1) is 20.4. The van der Waals surface area contributed by atoms with E-state index in [1.807, 2.05) is 12.1 Å². The van der Waals surface area contributed by atoms with Crippen molar-refractivity contribution < 1.29 is 14.5 Å². The van der Waals surface area contributed by atoms with E-state index in [0.29, 0.717) is 10.8 Å². The summed E-state index contributed by atoms with van der Waals surface area (Å²) >= 11 is 6.10. The largest absolute Gasteiger partial charge is 0.459 e. The molecule has 0 saturated carbocycles. The van der Waals surface area contributed by atoms with Crippen LogP contribution in [0.5, 0.6) is 0 Å². The predicted octanol–water partition coefficient (Wildman–Crippen LogP) is 4.01. The zero-order chi connectivity index (χ0) is 20.0. The number of ether oxygens (including phenoxy) is 1. The number of hydrogen-bond donors (Lipinski definition) is 2. The average Bonchev–Trinajstić information content (AvgIpc) is 2.57. The monoisotopic (exact) mass is 392 g/mol. The maximum absolute atomic E-state index is 11.8.